The monoisotopic (exact) mass is 335 g/mol. The van der Waals surface area contributed by atoms with E-state index in [1.165, 1.54) is 18.4 Å². The number of carbonyl (C=O) groups is 2. The number of rotatable bonds is 5. The zero-order valence-electron chi connectivity index (χ0n) is 13.9. The summed E-state index contributed by atoms with van der Waals surface area (Å²) in [6, 6.07) is 1.14. The molecule has 1 N–H and O–H groups in total. The zero-order chi connectivity index (χ0) is 17.1. The van der Waals surface area contributed by atoms with E-state index in [4.69, 9.17) is 4.74 Å². The number of nitrogens with one attached hydrogen (secondary N) is 1. The maximum Gasteiger partial charge on any atom is 0.328 e. The summed E-state index contributed by atoms with van der Waals surface area (Å²) in [4.78, 5) is 28.7. The number of ether oxygens (including phenoxy) is 1. The summed E-state index contributed by atoms with van der Waals surface area (Å²) in [5.74, 6) is -0.791. The van der Waals surface area contributed by atoms with Gasteiger partial charge in [0.15, 0.2) is 5.13 Å². The Kier molecular flexibility index (Phi) is 5.20. The Morgan fingerprint density at radius 3 is 2.57 bits per heavy atom. The molecule has 0 bridgehead atoms. The number of aryl methyl sites for hydroxylation is 1. The van der Waals surface area contributed by atoms with Crippen LogP contribution in [0.15, 0.2) is 17.6 Å². The molecule has 2 aromatic rings. The second-order valence-electron chi connectivity index (χ2n) is 5.65. The molecule has 0 spiro atoms. The lowest BCUT2D eigenvalue weighted by Gasteiger charge is -2.19. The highest BCUT2D eigenvalue weighted by atomic mass is 32.1. The van der Waals surface area contributed by atoms with Gasteiger partial charge in [-0.3, -0.25) is 9.36 Å². The molecule has 7 heteroatoms. The van der Waals surface area contributed by atoms with Crippen LogP contribution in [0.5, 0.6) is 0 Å². The third-order valence-electron chi connectivity index (χ3n) is 3.69. The van der Waals surface area contributed by atoms with Crippen LogP contribution in [0.25, 0.3) is 5.13 Å². The van der Waals surface area contributed by atoms with Gasteiger partial charge in [0.2, 0.25) is 0 Å². The van der Waals surface area contributed by atoms with Crippen molar-refractivity contribution in [3.63, 3.8) is 0 Å². The molecule has 0 fully saturated rings. The van der Waals surface area contributed by atoms with E-state index in [2.05, 4.69) is 10.3 Å². The fourth-order valence-electron chi connectivity index (χ4n) is 2.46. The summed E-state index contributed by atoms with van der Waals surface area (Å²) >= 11 is 1.50. The molecule has 124 valence electrons. The van der Waals surface area contributed by atoms with Gasteiger partial charge in [-0.25, -0.2) is 9.78 Å². The van der Waals surface area contributed by atoms with Crippen LogP contribution in [0.1, 0.15) is 35.6 Å². The average molecular weight is 335 g/mol. The first-order valence-electron chi connectivity index (χ1n) is 7.34. The minimum absolute atomic E-state index is 0.0612. The second-order valence-corrected chi connectivity index (χ2v) is 6.53. The van der Waals surface area contributed by atoms with Crippen LogP contribution in [0.3, 0.4) is 0 Å². The number of thiazole rings is 1. The number of esters is 1. The summed E-state index contributed by atoms with van der Waals surface area (Å²) in [6.45, 7) is 7.51. The summed E-state index contributed by atoms with van der Waals surface area (Å²) in [5, 5.41) is 5.47. The van der Waals surface area contributed by atoms with Crippen molar-refractivity contribution in [3.05, 3.63) is 34.6 Å². The Balaban J connectivity index is 2.30. The predicted molar refractivity (Wildman–Crippen MR) is 89.0 cm³/mol. The molecule has 1 amide bonds. The van der Waals surface area contributed by atoms with E-state index in [-0.39, 0.29) is 11.8 Å². The number of hydrogen-bond donors (Lipinski definition) is 1. The Hall–Kier alpha value is -2.15. The number of amides is 1. The molecule has 2 rings (SSSR count). The lowest BCUT2D eigenvalue weighted by atomic mass is 10.0. The first kappa shape index (κ1) is 17.2. The van der Waals surface area contributed by atoms with Gasteiger partial charge >= 0.3 is 5.97 Å². The average Bonchev–Trinajstić information content (AvgIpc) is 3.11. The molecule has 2 aromatic heterocycles. The molecule has 0 saturated carbocycles. The maximum atomic E-state index is 12.6. The van der Waals surface area contributed by atoms with Crippen LogP contribution >= 0.6 is 11.3 Å². The summed E-state index contributed by atoms with van der Waals surface area (Å²) < 4.78 is 6.69. The predicted octanol–water partition coefficient (Wildman–Crippen LogP) is 2.48. The van der Waals surface area contributed by atoms with Gasteiger partial charge < -0.3 is 10.1 Å². The van der Waals surface area contributed by atoms with E-state index >= 15 is 0 Å². The molecule has 0 aliphatic rings. The maximum absolute atomic E-state index is 12.6. The van der Waals surface area contributed by atoms with Crippen molar-refractivity contribution in [2.75, 3.05) is 7.11 Å². The van der Waals surface area contributed by atoms with Crippen LogP contribution in [-0.4, -0.2) is 34.6 Å². The van der Waals surface area contributed by atoms with Gasteiger partial charge in [0.1, 0.15) is 6.04 Å². The molecule has 6 nitrogen and oxygen atoms in total. The third-order valence-corrected chi connectivity index (χ3v) is 4.45. The third kappa shape index (κ3) is 3.44. The highest BCUT2D eigenvalue weighted by Gasteiger charge is 2.27. The van der Waals surface area contributed by atoms with E-state index < -0.39 is 12.0 Å². The summed E-state index contributed by atoms with van der Waals surface area (Å²) in [7, 11) is 1.32. The molecular weight excluding hydrogens is 314 g/mol. The number of carbonyl (C=O) groups excluding carboxylic acids is 2. The number of nitrogens with zero attached hydrogens (tertiary/aromatic N) is 2. The Bertz CT molecular complexity index is 704. The van der Waals surface area contributed by atoms with Gasteiger partial charge in [-0.05, 0) is 25.8 Å². The summed E-state index contributed by atoms with van der Waals surface area (Å²) in [6.07, 6.45) is 1.73. The van der Waals surface area contributed by atoms with Crippen molar-refractivity contribution in [2.45, 2.75) is 33.7 Å². The first-order valence-corrected chi connectivity index (χ1v) is 8.22. The van der Waals surface area contributed by atoms with Gasteiger partial charge in [-0.15, -0.1) is 11.3 Å². The first-order chi connectivity index (χ1) is 10.9. The van der Waals surface area contributed by atoms with Crippen LogP contribution in [0.2, 0.25) is 0 Å². The molecule has 1 unspecified atom stereocenters. The smallest absolute Gasteiger partial charge is 0.328 e. The number of hydrogen-bond acceptors (Lipinski definition) is 5. The molecule has 0 aliphatic heterocycles. The molecule has 2 heterocycles. The highest BCUT2D eigenvalue weighted by molar-refractivity contribution is 7.12. The topological polar surface area (TPSA) is 73.2 Å². The van der Waals surface area contributed by atoms with Crippen molar-refractivity contribution in [2.24, 2.45) is 5.92 Å². The van der Waals surface area contributed by atoms with Gasteiger partial charge in [0.05, 0.1) is 12.7 Å². The van der Waals surface area contributed by atoms with Crippen molar-refractivity contribution in [3.8, 4) is 5.13 Å². The zero-order valence-corrected chi connectivity index (χ0v) is 14.7. The van der Waals surface area contributed by atoms with E-state index in [9.17, 15) is 9.59 Å². The number of methoxy groups -OCH3 is 1. The molecule has 0 radical (unpaired) electrons. The van der Waals surface area contributed by atoms with Crippen LogP contribution < -0.4 is 5.32 Å². The quantitative estimate of drug-likeness (QED) is 0.852. The Morgan fingerprint density at radius 1 is 1.35 bits per heavy atom. The summed E-state index contributed by atoms with van der Waals surface area (Å²) in [5.41, 5.74) is 2.25. The minimum Gasteiger partial charge on any atom is -0.467 e. The van der Waals surface area contributed by atoms with E-state index in [1.807, 2.05) is 37.6 Å². The fraction of sp³-hybridized carbons (Fsp3) is 0.438. The fourth-order valence-corrected chi connectivity index (χ4v) is 3.21. The lowest BCUT2D eigenvalue weighted by molar-refractivity contribution is -0.144. The van der Waals surface area contributed by atoms with Gasteiger partial charge in [0, 0.05) is 23.0 Å². The normalized spacial score (nSPS) is 12.3. The van der Waals surface area contributed by atoms with E-state index in [0.29, 0.717) is 5.56 Å². The molecule has 0 aromatic carbocycles. The van der Waals surface area contributed by atoms with E-state index in [1.54, 1.807) is 12.3 Å². The van der Waals surface area contributed by atoms with Crippen molar-refractivity contribution >= 4 is 23.2 Å². The SMILES string of the molecule is COC(=O)C(NC(=O)c1cc(C)n(-c2nccs2)c1C)C(C)C. The van der Waals surface area contributed by atoms with Gasteiger partial charge in [-0.2, -0.15) is 0 Å². The molecule has 1 atom stereocenters. The molecule has 23 heavy (non-hydrogen) atoms. The lowest BCUT2D eigenvalue weighted by Crippen LogP contribution is -2.45. The molecule has 0 saturated heterocycles. The van der Waals surface area contributed by atoms with Gasteiger partial charge in [0.25, 0.3) is 5.91 Å². The van der Waals surface area contributed by atoms with Crippen LogP contribution in [0, 0.1) is 19.8 Å². The minimum atomic E-state index is -0.671. The van der Waals surface area contributed by atoms with Crippen LogP contribution in [0.4, 0.5) is 0 Å². The van der Waals surface area contributed by atoms with Gasteiger partial charge in [-0.1, -0.05) is 13.8 Å². The van der Waals surface area contributed by atoms with Crippen LogP contribution in [-0.2, 0) is 9.53 Å². The molecule has 0 aliphatic carbocycles. The highest BCUT2D eigenvalue weighted by Crippen LogP contribution is 2.22. The standard InChI is InChI=1S/C16H21N3O3S/c1-9(2)13(15(21)22-5)18-14(20)12-8-10(3)19(11(12)4)16-17-6-7-23-16/h6-9,13H,1-5H3,(H,18,20). The van der Waals surface area contributed by atoms with E-state index in [0.717, 1.165) is 16.5 Å². The second kappa shape index (κ2) is 6.95. The molecular formula is C16H21N3O3S. The van der Waals surface area contributed by atoms with Crippen molar-refractivity contribution < 1.29 is 14.3 Å². The van der Waals surface area contributed by atoms with Crippen molar-refractivity contribution in [1.29, 1.82) is 0 Å². The number of aromatic nitrogens is 2. The largest absolute Gasteiger partial charge is 0.467 e. The Morgan fingerprint density at radius 2 is 2.04 bits per heavy atom. The Labute approximate surface area is 139 Å². The van der Waals surface area contributed by atoms with Crippen molar-refractivity contribution in [1.82, 2.24) is 14.9 Å².